The molecule has 8 N–H and O–H groups in total. The van der Waals surface area contributed by atoms with E-state index in [2.05, 4.69) is 32.5 Å². The first-order valence-electron chi connectivity index (χ1n) is 5.40. The maximum atomic E-state index is 6.02. The minimum absolute atomic E-state index is 0.0449. The molecule has 94 valence electrons. The van der Waals surface area contributed by atoms with Crippen LogP contribution in [0.5, 0.6) is 0 Å². The lowest BCUT2D eigenvalue weighted by Crippen LogP contribution is -2.15. The highest BCUT2D eigenvalue weighted by atomic mass is 14.8. The third kappa shape index (κ3) is 2.43. The van der Waals surface area contributed by atoms with Crippen LogP contribution in [-0.2, 0) is 6.42 Å². The van der Waals surface area contributed by atoms with Crippen molar-refractivity contribution in [1.29, 1.82) is 0 Å². The van der Waals surface area contributed by atoms with Crippen molar-refractivity contribution in [3.63, 3.8) is 0 Å². The zero-order chi connectivity index (χ0) is 13.4. The minimum Gasteiger partial charge on any atom is -0.397 e. The van der Waals surface area contributed by atoms with Crippen molar-refractivity contribution in [3.05, 3.63) is 5.56 Å². The van der Waals surface area contributed by atoms with Gasteiger partial charge in [-0.25, -0.2) is 0 Å². The Morgan fingerprint density at radius 1 is 0.941 bits per heavy atom. The van der Waals surface area contributed by atoms with Gasteiger partial charge in [0.25, 0.3) is 0 Å². The van der Waals surface area contributed by atoms with Crippen LogP contribution >= 0.6 is 0 Å². The van der Waals surface area contributed by atoms with E-state index in [4.69, 9.17) is 22.9 Å². The predicted molar refractivity (Wildman–Crippen MR) is 76.5 cm³/mol. The number of rotatable bonds is 2. The number of anilines is 4. The van der Waals surface area contributed by atoms with E-state index in [0.717, 1.165) is 5.56 Å². The molecular formula is C12H21N5. The number of benzene rings is 1. The highest BCUT2D eigenvalue weighted by Gasteiger charge is 2.21. The molecule has 5 nitrogen and oxygen atoms in total. The lowest BCUT2D eigenvalue weighted by atomic mass is 9.86. The first kappa shape index (κ1) is 13.2. The Morgan fingerprint density at radius 3 is 1.88 bits per heavy atom. The van der Waals surface area contributed by atoms with Crippen LogP contribution < -0.4 is 22.9 Å². The smallest absolute Gasteiger partial charge is 0.111 e. The number of aliphatic imine (C=N–C) groups is 1. The fourth-order valence-corrected chi connectivity index (χ4v) is 1.76. The van der Waals surface area contributed by atoms with Crippen LogP contribution in [0.4, 0.5) is 28.4 Å². The van der Waals surface area contributed by atoms with Crippen LogP contribution in [-0.4, -0.2) is 6.72 Å². The highest BCUT2D eigenvalue weighted by Crippen LogP contribution is 2.43. The van der Waals surface area contributed by atoms with Crippen LogP contribution in [0, 0.1) is 5.41 Å². The summed E-state index contributed by atoms with van der Waals surface area (Å²) in [6, 6.07) is 0. The highest BCUT2D eigenvalue weighted by molar-refractivity contribution is 5.96. The van der Waals surface area contributed by atoms with Crippen molar-refractivity contribution in [2.45, 2.75) is 27.2 Å². The predicted octanol–water partition coefficient (Wildman–Crippen LogP) is 1.94. The SMILES string of the molecule is C=Nc1c(N)c(N)c(N)c(CC(C)(C)C)c1N. The monoisotopic (exact) mass is 235 g/mol. The summed E-state index contributed by atoms with van der Waals surface area (Å²) in [5.41, 5.74) is 26.5. The molecule has 17 heavy (non-hydrogen) atoms. The molecule has 0 aliphatic heterocycles. The van der Waals surface area contributed by atoms with Gasteiger partial charge in [-0.3, -0.25) is 4.99 Å². The van der Waals surface area contributed by atoms with E-state index in [0.29, 0.717) is 34.9 Å². The second-order valence-corrected chi connectivity index (χ2v) is 5.38. The van der Waals surface area contributed by atoms with Crippen molar-refractivity contribution in [2.75, 3.05) is 22.9 Å². The third-order valence-electron chi connectivity index (χ3n) is 2.61. The molecule has 0 fully saturated rings. The van der Waals surface area contributed by atoms with Gasteiger partial charge in [-0.1, -0.05) is 20.8 Å². The fourth-order valence-electron chi connectivity index (χ4n) is 1.76. The van der Waals surface area contributed by atoms with Gasteiger partial charge in [-0.2, -0.15) is 0 Å². The summed E-state index contributed by atoms with van der Waals surface area (Å²) < 4.78 is 0. The van der Waals surface area contributed by atoms with Gasteiger partial charge < -0.3 is 22.9 Å². The van der Waals surface area contributed by atoms with Gasteiger partial charge in [0.2, 0.25) is 0 Å². The molecule has 1 rings (SSSR count). The number of nitrogen functional groups attached to an aromatic ring is 4. The first-order chi connectivity index (χ1) is 7.69. The van der Waals surface area contributed by atoms with Crippen LogP contribution in [0.1, 0.15) is 26.3 Å². The Hall–Kier alpha value is -1.91. The van der Waals surface area contributed by atoms with E-state index in [1.807, 2.05) is 0 Å². The van der Waals surface area contributed by atoms with Crippen molar-refractivity contribution in [3.8, 4) is 0 Å². The molecule has 0 spiro atoms. The summed E-state index contributed by atoms with van der Waals surface area (Å²) in [5, 5.41) is 0. The molecule has 1 aromatic carbocycles. The molecule has 0 bridgehead atoms. The second kappa shape index (κ2) is 4.16. The summed E-state index contributed by atoms with van der Waals surface area (Å²) in [4.78, 5) is 3.83. The van der Waals surface area contributed by atoms with Crippen molar-refractivity contribution < 1.29 is 0 Å². The van der Waals surface area contributed by atoms with Gasteiger partial charge in [0, 0.05) is 5.56 Å². The molecule has 0 aliphatic carbocycles. The van der Waals surface area contributed by atoms with Gasteiger partial charge in [0.15, 0.2) is 0 Å². The van der Waals surface area contributed by atoms with Gasteiger partial charge in [-0.05, 0) is 18.6 Å². The van der Waals surface area contributed by atoms with Crippen LogP contribution in [0.25, 0.3) is 0 Å². The Kier molecular flexibility index (Phi) is 3.22. The summed E-state index contributed by atoms with van der Waals surface area (Å²) in [7, 11) is 0. The van der Waals surface area contributed by atoms with Gasteiger partial charge in [0.05, 0.1) is 22.7 Å². The Morgan fingerprint density at radius 2 is 1.47 bits per heavy atom. The average molecular weight is 235 g/mol. The quantitative estimate of drug-likeness (QED) is 0.463. The third-order valence-corrected chi connectivity index (χ3v) is 2.61. The zero-order valence-corrected chi connectivity index (χ0v) is 10.7. The molecule has 0 heterocycles. The van der Waals surface area contributed by atoms with E-state index in [9.17, 15) is 0 Å². The maximum Gasteiger partial charge on any atom is 0.111 e. The summed E-state index contributed by atoms with van der Waals surface area (Å²) in [6.45, 7) is 9.74. The van der Waals surface area contributed by atoms with Crippen LogP contribution in [0.15, 0.2) is 4.99 Å². The first-order valence-corrected chi connectivity index (χ1v) is 5.40. The topological polar surface area (TPSA) is 116 Å². The van der Waals surface area contributed by atoms with Gasteiger partial charge >= 0.3 is 0 Å². The molecule has 0 radical (unpaired) electrons. The fraction of sp³-hybridized carbons (Fsp3) is 0.417. The van der Waals surface area contributed by atoms with E-state index >= 15 is 0 Å². The molecule has 0 atom stereocenters. The normalized spacial score (nSPS) is 11.5. The molecular weight excluding hydrogens is 214 g/mol. The lowest BCUT2D eigenvalue weighted by Gasteiger charge is -2.23. The maximum absolute atomic E-state index is 6.02. The minimum atomic E-state index is 0.0449. The van der Waals surface area contributed by atoms with Crippen LogP contribution in [0.2, 0.25) is 0 Å². The molecule has 0 amide bonds. The molecule has 0 aromatic heterocycles. The molecule has 1 aromatic rings. The summed E-state index contributed by atoms with van der Waals surface area (Å²) in [5.74, 6) is 0. The van der Waals surface area contributed by atoms with Crippen molar-refractivity contribution >= 4 is 35.2 Å². The Bertz CT molecular complexity index is 457. The number of nitrogens with zero attached hydrogens (tertiary/aromatic N) is 1. The van der Waals surface area contributed by atoms with Crippen LogP contribution in [0.3, 0.4) is 0 Å². The van der Waals surface area contributed by atoms with E-state index in [-0.39, 0.29) is 5.41 Å². The molecule has 0 unspecified atom stereocenters. The van der Waals surface area contributed by atoms with Gasteiger partial charge in [-0.15, -0.1) is 0 Å². The van der Waals surface area contributed by atoms with Gasteiger partial charge in [0.1, 0.15) is 5.69 Å². The summed E-state index contributed by atoms with van der Waals surface area (Å²) in [6.07, 6.45) is 0.706. The van der Waals surface area contributed by atoms with E-state index < -0.39 is 0 Å². The largest absolute Gasteiger partial charge is 0.397 e. The number of hydrogen-bond acceptors (Lipinski definition) is 5. The Balaban J connectivity index is 3.50. The molecule has 0 saturated carbocycles. The lowest BCUT2D eigenvalue weighted by molar-refractivity contribution is 0.412. The molecule has 5 heteroatoms. The number of hydrogen-bond donors (Lipinski definition) is 4. The van der Waals surface area contributed by atoms with E-state index in [1.54, 1.807) is 0 Å². The van der Waals surface area contributed by atoms with Crippen molar-refractivity contribution in [1.82, 2.24) is 0 Å². The molecule has 0 aliphatic rings. The zero-order valence-electron chi connectivity index (χ0n) is 10.7. The Labute approximate surface area is 102 Å². The molecule has 0 saturated heterocycles. The summed E-state index contributed by atoms with van der Waals surface area (Å²) >= 11 is 0. The average Bonchev–Trinajstić information content (AvgIpc) is 2.21. The van der Waals surface area contributed by atoms with Crippen molar-refractivity contribution in [2.24, 2.45) is 10.4 Å². The standard InChI is InChI=1S/C12H21N5/c1-12(2,3)5-6-7(13)9(15)10(16)11(17-4)8(6)14/h4-5,13-16H2,1-3H3. The van der Waals surface area contributed by atoms with E-state index in [1.165, 1.54) is 0 Å². The number of nitrogens with two attached hydrogens (primary N) is 4. The second-order valence-electron chi connectivity index (χ2n) is 5.38.